The van der Waals surface area contributed by atoms with E-state index in [9.17, 15) is 0 Å². The molecular weight excluding hydrogens is 339 g/mol. The van der Waals surface area contributed by atoms with Crippen LogP contribution in [0.15, 0.2) is 42.5 Å². The highest BCUT2D eigenvalue weighted by molar-refractivity contribution is 6.35. The van der Waals surface area contributed by atoms with Crippen LogP contribution in [0.5, 0.6) is 0 Å². The molecule has 0 saturated carbocycles. The smallest absolute Gasteiger partial charge is 0.0841 e. The van der Waals surface area contributed by atoms with Crippen LogP contribution >= 0.6 is 34.8 Å². The topological polar surface area (TPSA) is 9.23 Å². The lowest BCUT2D eigenvalue weighted by atomic mass is 10.1. The van der Waals surface area contributed by atoms with E-state index < -0.39 is 0 Å². The van der Waals surface area contributed by atoms with Crippen LogP contribution in [0.2, 0.25) is 15.1 Å². The molecule has 2 aromatic rings. The van der Waals surface area contributed by atoms with Crippen LogP contribution in [0.1, 0.15) is 44.4 Å². The molecule has 0 aliphatic rings. The summed E-state index contributed by atoms with van der Waals surface area (Å²) in [7, 11) is 0. The number of ether oxygens (including phenoxy) is 1. The Balaban J connectivity index is 0.00000116. The Labute approximate surface area is 148 Å². The molecule has 0 N–H and O–H groups in total. The predicted molar refractivity (Wildman–Crippen MR) is 97.1 cm³/mol. The molecule has 0 saturated heterocycles. The van der Waals surface area contributed by atoms with Crippen molar-refractivity contribution in [3.63, 3.8) is 0 Å². The minimum absolute atomic E-state index is 0.0459. The summed E-state index contributed by atoms with van der Waals surface area (Å²) in [5.74, 6) is 0. The maximum Gasteiger partial charge on any atom is 0.0841 e. The molecule has 120 valence electrons. The molecule has 4 heteroatoms. The van der Waals surface area contributed by atoms with Crippen molar-refractivity contribution >= 4 is 34.8 Å². The summed E-state index contributed by atoms with van der Waals surface area (Å²) in [6.07, 6.45) is 0.796. The van der Waals surface area contributed by atoms with Crippen LogP contribution in [0.25, 0.3) is 0 Å². The molecule has 0 spiro atoms. The Bertz CT molecular complexity index is 567. The summed E-state index contributed by atoms with van der Waals surface area (Å²) in [6.45, 7) is 6.59. The van der Waals surface area contributed by atoms with Gasteiger partial charge in [0.25, 0.3) is 0 Å². The SMILES string of the molecule is CC.CCC(OCc1ccc(Cl)cc1)c1ccc(Cl)cc1Cl. The lowest BCUT2D eigenvalue weighted by Crippen LogP contribution is -2.04. The van der Waals surface area contributed by atoms with Crippen molar-refractivity contribution in [2.75, 3.05) is 0 Å². The fourth-order valence-electron chi connectivity index (χ4n) is 1.97. The molecule has 0 bridgehead atoms. The first-order valence-electron chi connectivity index (χ1n) is 7.41. The lowest BCUT2D eigenvalue weighted by Gasteiger charge is -2.18. The number of hydrogen-bond acceptors (Lipinski definition) is 1. The summed E-state index contributed by atoms with van der Waals surface area (Å²) in [5, 5.41) is 1.99. The van der Waals surface area contributed by atoms with Gasteiger partial charge in [-0.3, -0.25) is 0 Å². The number of halogens is 3. The Hall–Kier alpha value is -0.730. The maximum absolute atomic E-state index is 6.22. The highest BCUT2D eigenvalue weighted by Crippen LogP contribution is 2.31. The van der Waals surface area contributed by atoms with E-state index in [1.165, 1.54) is 0 Å². The number of rotatable bonds is 5. The molecular formula is C18H21Cl3O. The summed E-state index contributed by atoms with van der Waals surface area (Å²) in [4.78, 5) is 0. The van der Waals surface area contributed by atoms with Gasteiger partial charge in [-0.25, -0.2) is 0 Å². The van der Waals surface area contributed by atoms with Gasteiger partial charge >= 0.3 is 0 Å². The van der Waals surface area contributed by atoms with E-state index in [-0.39, 0.29) is 6.10 Å². The summed E-state index contributed by atoms with van der Waals surface area (Å²) in [5.41, 5.74) is 2.05. The van der Waals surface area contributed by atoms with Crippen molar-refractivity contribution < 1.29 is 4.74 Å². The Kier molecular flexibility index (Phi) is 8.89. The molecule has 0 amide bonds. The molecule has 0 radical (unpaired) electrons. The average Bonchev–Trinajstić information content (AvgIpc) is 2.53. The zero-order chi connectivity index (χ0) is 16.5. The number of benzene rings is 2. The summed E-state index contributed by atoms with van der Waals surface area (Å²) in [6, 6.07) is 13.1. The van der Waals surface area contributed by atoms with Crippen LogP contribution < -0.4 is 0 Å². The van der Waals surface area contributed by atoms with Gasteiger partial charge in [0.2, 0.25) is 0 Å². The second-order valence-electron chi connectivity index (χ2n) is 4.50. The van der Waals surface area contributed by atoms with E-state index in [0.29, 0.717) is 16.7 Å². The van der Waals surface area contributed by atoms with Gasteiger partial charge in [-0.2, -0.15) is 0 Å². The van der Waals surface area contributed by atoms with E-state index in [1.54, 1.807) is 6.07 Å². The van der Waals surface area contributed by atoms with Gasteiger partial charge in [0.15, 0.2) is 0 Å². The zero-order valence-corrected chi connectivity index (χ0v) is 15.3. The molecule has 0 fully saturated rings. The first kappa shape index (κ1) is 19.3. The van der Waals surface area contributed by atoms with Gasteiger partial charge < -0.3 is 4.74 Å². The van der Waals surface area contributed by atoms with E-state index in [0.717, 1.165) is 22.6 Å². The third-order valence-corrected chi connectivity index (χ3v) is 3.86. The number of hydrogen-bond donors (Lipinski definition) is 0. The van der Waals surface area contributed by atoms with E-state index in [2.05, 4.69) is 6.92 Å². The molecule has 0 heterocycles. The quantitative estimate of drug-likeness (QED) is 0.542. The molecule has 1 nitrogen and oxygen atoms in total. The summed E-state index contributed by atoms with van der Waals surface area (Å²) < 4.78 is 5.95. The molecule has 1 atom stereocenters. The van der Waals surface area contributed by atoms with Gasteiger partial charge in [-0.1, -0.05) is 73.8 Å². The largest absolute Gasteiger partial charge is 0.369 e. The standard InChI is InChI=1S/C16H15Cl3O.C2H6/c1-2-16(14-8-7-13(18)9-15(14)19)20-10-11-3-5-12(17)6-4-11;1-2/h3-9,16H,2,10H2,1H3;1-2H3. The monoisotopic (exact) mass is 358 g/mol. The molecule has 1 unspecified atom stereocenters. The Morgan fingerprint density at radius 3 is 2.05 bits per heavy atom. The van der Waals surface area contributed by atoms with Gasteiger partial charge in [0, 0.05) is 15.1 Å². The van der Waals surface area contributed by atoms with Crippen LogP contribution in [0.3, 0.4) is 0 Å². The van der Waals surface area contributed by atoms with Crippen molar-refractivity contribution in [1.29, 1.82) is 0 Å². The van der Waals surface area contributed by atoms with Crippen molar-refractivity contribution in [2.24, 2.45) is 0 Å². The van der Waals surface area contributed by atoms with Gasteiger partial charge in [0.1, 0.15) is 0 Å². The zero-order valence-electron chi connectivity index (χ0n) is 13.1. The Morgan fingerprint density at radius 1 is 0.909 bits per heavy atom. The van der Waals surface area contributed by atoms with Crippen LogP contribution in [-0.2, 0) is 11.3 Å². The molecule has 0 aliphatic carbocycles. The van der Waals surface area contributed by atoms with E-state index >= 15 is 0 Å². The molecule has 0 aliphatic heterocycles. The maximum atomic E-state index is 6.22. The molecule has 22 heavy (non-hydrogen) atoms. The van der Waals surface area contributed by atoms with Crippen LogP contribution in [-0.4, -0.2) is 0 Å². The third kappa shape index (κ3) is 5.81. The minimum Gasteiger partial charge on any atom is -0.369 e. The van der Waals surface area contributed by atoms with Gasteiger partial charge in [0.05, 0.1) is 12.7 Å². The van der Waals surface area contributed by atoms with Gasteiger partial charge in [-0.15, -0.1) is 0 Å². The molecule has 2 rings (SSSR count). The second kappa shape index (κ2) is 10.1. The predicted octanol–water partition coefficient (Wildman–Crippen LogP) is 7.34. The van der Waals surface area contributed by atoms with Crippen LogP contribution in [0, 0.1) is 0 Å². The third-order valence-electron chi connectivity index (χ3n) is 3.04. The fraction of sp³-hybridized carbons (Fsp3) is 0.333. The minimum atomic E-state index is -0.0459. The normalized spacial score (nSPS) is 11.5. The first-order valence-corrected chi connectivity index (χ1v) is 8.54. The van der Waals surface area contributed by atoms with Gasteiger partial charge in [-0.05, 0) is 41.8 Å². The van der Waals surface area contributed by atoms with Crippen LogP contribution in [0.4, 0.5) is 0 Å². The summed E-state index contributed by atoms with van der Waals surface area (Å²) >= 11 is 18.0. The second-order valence-corrected chi connectivity index (χ2v) is 5.78. The van der Waals surface area contributed by atoms with Crippen molar-refractivity contribution in [2.45, 2.75) is 39.9 Å². The van der Waals surface area contributed by atoms with Crippen molar-refractivity contribution in [3.05, 3.63) is 68.7 Å². The fourth-order valence-corrected chi connectivity index (χ4v) is 2.62. The molecule has 2 aromatic carbocycles. The van der Waals surface area contributed by atoms with Crippen molar-refractivity contribution in [3.8, 4) is 0 Å². The van der Waals surface area contributed by atoms with E-state index in [4.69, 9.17) is 39.5 Å². The lowest BCUT2D eigenvalue weighted by molar-refractivity contribution is 0.0372. The van der Waals surface area contributed by atoms with E-state index in [1.807, 2.05) is 50.2 Å². The van der Waals surface area contributed by atoms with Crippen molar-refractivity contribution in [1.82, 2.24) is 0 Å². The highest BCUT2D eigenvalue weighted by atomic mass is 35.5. The molecule has 0 aromatic heterocycles. The highest BCUT2D eigenvalue weighted by Gasteiger charge is 2.14. The average molecular weight is 360 g/mol. The first-order chi connectivity index (χ1) is 10.6. The Morgan fingerprint density at radius 2 is 1.50 bits per heavy atom.